The Morgan fingerprint density at radius 2 is 1.77 bits per heavy atom. The van der Waals surface area contributed by atoms with Gasteiger partial charge in [-0.1, -0.05) is 48.5 Å². The normalized spacial score (nSPS) is 16.4. The first kappa shape index (κ1) is 20.1. The Hall–Kier alpha value is -3.14. The summed E-state index contributed by atoms with van der Waals surface area (Å²) >= 11 is 0. The number of carbonyl (C=O) groups is 2. The summed E-state index contributed by atoms with van der Waals surface area (Å²) in [5.74, 6) is 0.969. The van der Waals surface area contributed by atoms with E-state index in [-0.39, 0.29) is 17.6 Å². The summed E-state index contributed by atoms with van der Waals surface area (Å²) < 4.78 is 5.18. The number of likely N-dealkylation sites (tertiary alicyclic amines) is 1. The Labute approximate surface area is 177 Å². The molecular formula is C26H27NO3. The van der Waals surface area contributed by atoms with Gasteiger partial charge in [0.25, 0.3) is 0 Å². The Kier molecular flexibility index (Phi) is 6.12. The summed E-state index contributed by atoms with van der Waals surface area (Å²) in [5, 5.41) is 2.21. The molecule has 154 valence electrons. The number of methoxy groups -OCH3 is 1. The largest absolute Gasteiger partial charge is 0.497 e. The zero-order valence-electron chi connectivity index (χ0n) is 17.3. The standard InChI is InChI=1S/C26H27NO3/c1-30-24-13-8-19(9-14-24)10-15-25(28)27-16-4-7-23(18-27)26(29)22-12-11-20-5-2-3-6-21(20)17-22/h2-3,5-6,8-9,11-14,17,23H,4,7,10,15-16,18H2,1H3/t23-/m0/s1. The monoisotopic (exact) mass is 401 g/mol. The zero-order valence-corrected chi connectivity index (χ0v) is 17.3. The number of nitrogens with zero attached hydrogens (tertiary/aromatic N) is 1. The number of ketones is 1. The van der Waals surface area contributed by atoms with Crippen molar-refractivity contribution in [3.8, 4) is 5.75 Å². The fourth-order valence-corrected chi connectivity index (χ4v) is 4.20. The lowest BCUT2D eigenvalue weighted by Crippen LogP contribution is -2.42. The predicted octanol–water partition coefficient (Wildman–Crippen LogP) is 4.90. The molecule has 4 heteroatoms. The number of rotatable bonds is 6. The van der Waals surface area contributed by atoms with Gasteiger partial charge in [-0.25, -0.2) is 0 Å². The van der Waals surface area contributed by atoms with E-state index in [9.17, 15) is 9.59 Å². The fraction of sp³-hybridized carbons (Fsp3) is 0.308. The molecule has 3 aromatic rings. The maximum absolute atomic E-state index is 13.1. The zero-order chi connectivity index (χ0) is 20.9. The molecule has 0 aromatic heterocycles. The van der Waals surface area contributed by atoms with Gasteiger partial charge in [0.05, 0.1) is 7.11 Å². The highest BCUT2D eigenvalue weighted by Gasteiger charge is 2.28. The van der Waals surface area contributed by atoms with Gasteiger partial charge in [-0.2, -0.15) is 0 Å². The van der Waals surface area contributed by atoms with Crippen LogP contribution < -0.4 is 4.74 Å². The number of Topliss-reactive ketones (excluding diaryl/α,β-unsaturated/α-hetero) is 1. The van der Waals surface area contributed by atoms with Crippen LogP contribution in [0.4, 0.5) is 0 Å². The SMILES string of the molecule is COc1ccc(CCC(=O)N2CCC[C@H](C(=O)c3ccc4ccccc4c3)C2)cc1. The van der Waals surface area contributed by atoms with Gasteiger partial charge in [0.1, 0.15) is 5.75 Å². The molecule has 30 heavy (non-hydrogen) atoms. The Bertz CT molecular complexity index is 1040. The quantitative estimate of drug-likeness (QED) is 0.552. The molecule has 4 rings (SSSR count). The highest BCUT2D eigenvalue weighted by molar-refractivity contribution is 6.01. The highest BCUT2D eigenvalue weighted by atomic mass is 16.5. The smallest absolute Gasteiger partial charge is 0.222 e. The molecule has 0 radical (unpaired) electrons. The molecule has 3 aromatic carbocycles. The van der Waals surface area contributed by atoms with Crippen LogP contribution in [-0.2, 0) is 11.2 Å². The van der Waals surface area contributed by atoms with Crippen LogP contribution in [0.5, 0.6) is 5.75 Å². The lowest BCUT2D eigenvalue weighted by atomic mass is 9.89. The Morgan fingerprint density at radius 1 is 1.00 bits per heavy atom. The third kappa shape index (κ3) is 4.54. The van der Waals surface area contributed by atoms with Crippen molar-refractivity contribution in [2.45, 2.75) is 25.7 Å². The molecule has 0 aliphatic carbocycles. The fourth-order valence-electron chi connectivity index (χ4n) is 4.20. The minimum atomic E-state index is -0.121. The molecule has 4 nitrogen and oxygen atoms in total. The van der Waals surface area contributed by atoms with Crippen LogP contribution >= 0.6 is 0 Å². The van der Waals surface area contributed by atoms with Gasteiger partial charge < -0.3 is 9.64 Å². The molecule has 0 spiro atoms. The number of benzene rings is 3. The molecule has 0 N–H and O–H groups in total. The number of fused-ring (bicyclic) bond motifs is 1. The summed E-state index contributed by atoms with van der Waals surface area (Å²) in [6, 6.07) is 21.8. The van der Waals surface area contributed by atoms with Gasteiger partial charge in [-0.05, 0) is 53.8 Å². The van der Waals surface area contributed by atoms with E-state index in [1.54, 1.807) is 7.11 Å². The lowest BCUT2D eigenvalue weighted by molar-refractivity contribution is -0.132. The van der Waals surface area contributed by atoms with E-state index in [1.807, 2.05) is 71.6 Å². The van der Waals surface area contributed by atoms with Crippen LogP contribution in [0.1, 0.15) is 35.2 Å². The Morgan fingerprint density at radius 3 is 2.53 bits per heavy atom. The minimum absolute atomic E-state index is 0.121. The summed E-state index contributed by atoms with van der Waals surface area (Å²) in [7, 11) is 1.64. The first-order valence-corrected chi connectivity index (χ1v) is 10.6. The number of hydrogen-bond acceptors (Lipinski definition) is 3. The third-order valence-corrected chi connectivity index (χ3v) is 5.97. The Balaban J connectivity index is 1.37. The number of ether oxygens (including phenoxy) is 1. The first-order chi connectivity index (χ1) is 14.6. The summed E-state index contributed by atoms with van der Waals surface area (Å²) in [4.78, 5) is 27.7. The molecule has 1 heterocycles. The van der Waals surface area contributed by atoms with Crippen LogP contribution in [0.25, 0.3) is 10.8 Å². The van der Waals surface area contributed by atoms with E-state index in [4.69, 9.17) is 4.74 Å². The first-order valence-electron chi connectivity index (χ1n) is 10.6. The average Bonchev–Trinajstić information content (AvgIpc) is 2.82. The van der Waals surface area contributed by atoms with Crippen molar-refractivity contribution < 1.29 is 14.3 Å². The topological polar surface area (TPSA) is 46.6 Å². The third-order valence-electron chi connectivity index (χ3n) is 5.97. The number of aryl methyl sites for hydroxylation is 1. The summed E-state index contributed by atoms with van der Waals surface area (Å²) in [6.07, 6.45) is 2.87. The maximum Gasteiger partial charge on any atom is 0.222 e. The van der Waals surface area contributed by atoms with Crippen LogP contribution in [0.3, 0.4) is 0 Å². The van der Waals surface area contributed by atoms with Gasteiger partial charge in [-0.15, -0.1) is 0 Å². The molecule has 1 aliphatic rings. The van der Waals surface area contributed by atoms with E-state index in [0.29, 0.717) is 19.4 Å². The maximum atomic E-state index is 13.1. The second-order valence-corrected chi connectivity index (χ2v) is 7.95. The van der Waals surface area contributed by atoms with E-state index in [1.165, 1.54) is 0 Å². The van der Waals surface area contributed by atoms with Crippen molar-refractivity contribution in [3.05, 3.63) is 77.9 Å². The number of piperidine rings is 1. The van der Waals surface area contributed by atoms with Crippen LogP contribution in [0.15, 0.2) is 66.7 Å². The van der Waals surface area contributed by atoms with Crippen molar-refractivity contribution in [3.63, 3.8) is 0 Å². The summed E-state index contributed by atoms with van der Waals surface area (Å²) in [5.41, 5.74) is 1.86. The average molecular weight is 402 g/mol. The molecule has 1 atom stereocenters. The molecule has 0 unspecified atom stereocenters. The molecular weight excluding hydrogens is 374 g/mol. The van der Waals surface area contributed by atoms with Crippen LogP contribution in [0.2, 0.25) is 0 Å². The van der Waals surface area contributed by atoms with E-state index >= 15 is 0 Å². The van der Waals surface area contributed by atoms with Crippen molar-refractivity contribution in [1.29, 1.82) is 0 Å². The molecule has 1 aliphatic heterocycles. The molecule has 0 bridgehead atoms. The second-order valence-electron chi connectivity index (χ2n) is 7.95. The second kappa shape index (κ2) is 9.12. The van der Waals surface area contributed by atoms with Gasteiger partial charge in [0.2, 0.25) is 5.91 Å². The van der Waals surface area contributed by atoms with Gasteiger partial charge >= 0.3 is 0 Å². The van der Waals surface area contributed by atoms with Crippen LogP contribution in [-0.4, -0.2) is 36.8 Å². The lowest BCUT2D eigenvalue weighted by Gasteiger charge is -2.32. The van der Waals surface area contributed by atoms with E-state index in [2.05, 4.69) is 0 Å². The van der Waals surface area contributed by atoms with Gasteiger partial charge in [-0.3, -0.25) is 9.59 Å². The molecule has 1 amide bonds. The van der Waals surface area contributed by atoms with Crippen molar-refractivity contribution in [2.24, 2.45) is 5.92 Å². The van der Waals surface area contributed by atoms with E-state index < -0.39 is 0 Å². The van der Waals surface area contributed by atoms with Crippen LogP contribution in [0, 0.1) is 5.92 Å². The number of amides is 1. The van der Waals surface area contributed by atoms with Crippen molar-refractivity contribution in [1.82, 2.24) is 4.90 Å². The number of carbonyl (C=O) groups excluding carboxylic acids is 2. The minimum Gasteiger partial charge on any atom is -0.497 e. The number of hydrogen-bond donors (Lipinski definition) is 0. The molecule has 0 saturated carbocycles. The molecule has 1 fully saturated rings. The predicted molar refractivity (Wildman–Crippen MR) is 119 cm³/mol. The summed E-state index contributed by atoms with van der Waals surface area (Å²) in [6.45, 7) is 1.26. The molecule has 1 saturated heterocycles. The van der Waals surface area contributed by atoms with Crippen molar-refractivity contribution in [2.75, 3.05) is 20.2 Å². The highest BCUT2D eigenvalue weighted by Crippen LogP contribution is 2.24. The van der Waals surface area contributed by atoms with Gasteiger partial charge in [0.15, 0.2) is 5.78 Å². The van der Waals surface area contributed by atoms with Gasteiger partial charge in [0, 0.05) is 31.0 Å². The van der Waals surface area contributed by atoms with E-state index in [0.717, 1.165) is 47.0 Å². The van der Waals surface area contributed by atoms with Crippen molar-refractivity contribution >= 4 is 22.5 Å².